The molecule has 1 aliphatic rings. The summed E-state index contributed by atoms with van der Waals surface area (Å²) in [5.74, 6) is 1.57. The average Bonchev–Trinajstić information content (AvgIpc) is 3.96. The van der Waals surface area contributed by atoms with Crippen molar-refractivity contribution in [2.75, 3.05) is 0 Å². The quantitative estimate of drug-likeness (QED) is 0.186. The lowest BCUT2D eigenvalue weighted by atomic mass is 10.00. The zero-order valence-corrected chi connectivity index (χ0v) is 32.2. The van der Waals surface area contributed by atoms with Crippen LogP contribution in [-0.2, 0) is 0 Å². The van der Waals surface area contributed by atoms with Crippen molar-refractivity contribution in [2.24, 2.45) is 9.98 Å². The number of nitrogens with one attached hydrogen (secondary N) is 1. The van der Waals surface area contributed by atoms with E-state index in [-0.39, 0.29) is 6.17 Å². The molecule has 8 aromatic carbocycles. The third-order valence-corrected chi connectivity index (χ3v) is 13.8. The molecule has 0 aliphatic carbocycles. The van der Waals surface area contributed by atoms with Gasteiger partial charge in [0, 0.05) is 79.1 Å². The monoisotopic (exact) mass is 764 g/mol. The number of aliphatic imine (C=N–C) groups is 2. The molecule has 268 valence electrons. The average molecular weight is 765 g/mol. The van der Waals surface area contributed by atoms with Crippen LogP contribution in [0.3, 0.4) is 0 Å². The molecule has 1 aliphatic heterocycles. The van der Waals surface area contributed by atoms with Crippen LogP contribution < -0.4 is 5.32 Å². The molecule has 0 spiro atoms. The van der Waals surface area contributed by atoms with Gasteiger partial charge in [-0.3, -0.25) is 0 Å². The highest BCUT2D eigenvalue weighted by Crippen LogP contribution is 2.46. The molecular weight excluding hydrogens is 733 g/mol. The van der Waals surface area contributed by atoms with E-state index in [0.717, 1.165) is 28.4 Å². The lowest BCUT2D eigenvalue weighted by Crippen LogP contribution is -2.33. The van der Waals surface area contributed by atoms with E-state index in [1.165, 1.54) is 79.0 Å². The highest BCUT2D eigenvalue weighted by molar-refractivity contribution is 7.27. The van der Waals surface area contributed by atoms with E-state index >= 15 is 0 Å². The number of nitrogens with zero attached hydrogens (tertiary/aromatic N) is 3. The van der Waals surface area contributed by atoms with Gasteiger partial charge in [0.05, 0.1) is 11.0 Å². The van der Waals surface area contributed by atoms with Crippen molar-refractivity contribution >= 4 is 96.5 Å². The molecule has 0 saturated carbocycles. The van der Waals surface area contributed by atoms with Crippen molar-refractivity contribution in [2.45, 2.75) is 6.17 Å². The summed E-state index contributed by atoms with van der Waals surface area (Å²) in [5, 5.41) is 11.3. The topological polar surface area (TPSA) is 41.7 Å². The Bertz CT molecular complexity index is 3390. The van der Waals surface area contributed by atoms with E-state index < -0.39 is 0 Å². The standard InChI is InChI=1S/C51H32N4S2/c1-3-14-31(15-4-1)49-52-50(32-16-5-2-6-17-32)54-51(53-49)42-25-13-24-41-40-23-12-22-39(47(40)57-48(41)42)38-21-11-20-37-36-29-28-33(30-45(36)56-46(37)38)55-43-26-9-7-18-34(43)35-19-8-10-27-44(35)55/h1-30,49H,(H,52,53,54). The molecule has 1 unspecified atom stereocenters. The van der Waals surface area contributed by atoms with Gasteiger partial charge in [-0.2, -0.15) is 0 Å². The van der Waals surface area contributed by atoms with E-state index in [1.54, 1.807) is 0 Å². The first-order valence-corrected chi connectivity index (χ1v) is 20.8. The highest BCUT2D eigenvalue weighted by Gasteiger charge is 2.24. The summed E-state index contributed by atoms with van der Waals surface area (Å²) in [7, 11) is 0. The van der Waals surface area contributed by atoms with Crippen molar-refractivity contribution in [3.05, 3.63) is 199 Å². The van der Waals surface area contributed by atoms with Gasteiger partial charge in [-0.05, 0) is 35.9 Å². The van der Waals surface area contributed by atoms with E-state index in [9.17, 15) is 0 Å². The predicted molar refractivity (Wildman–Crippen MR) is 244 cm³/mol. The van der Waals surface area contributed by atoms with Gasteiger partial charge in [0.1, 0.15) is 12.0 Å². The summed E-state index contributed by atoms with van der Waals surface area (Å²) in [6, 6.07) is 65.3. The van der Waals surface area contributed by atoms with Gasteiger partial charge in [-0.15, -0.1) is 22.7 Å². The fourth-order valence-electron chi connectivity index (χ4n) is 8.67. The number of benzene rings is 8. The Labute approximate surface area is 336 Å². The van der Waals surface area contributed by atoms with Crippen LogP contribution in [0.15, 0.2) is 192 Å². The van der Waals surface area contributed by atoms with Gasteiger partial charge >= 0.3 is 0 Å². The van der Waals surface area contributed by atoms with Gasteiger partial charge in [0.2, 0.25) is 0 Å². The molecule has 11 aromatic rings. The number of fused-ring (bicyclic) bond motifs is 9. The third-order valence-electron chi connectivity index (χ3n) is 11.3. The Hall–Kier alpha value is -6.86. The van der Waals surface area contributed by atoms with Crippen LogP contribution in [0.5, 0.6) is 0 Å². The van der Waals surface area contributed by atoms with Gasteiger partial charge < -0.3 is 9.88 Å². The smallest absolute Gasteiger partial charge is 0.159 e. The van der Waals surface area contributed by atoms with Crippen LogP contribution in [-0.4, -0.2) is 16.2 Å². The maximum absolute atomic E-state index is 5.19. The van der Waals surface area contributed by atoms with Crippen LogP contribution in [0.4, 0.5) is 0 Å². The Kier molecular flexibility index (Phi) is 7.30. The van der Waals surface area contributed by atoms with Crippen LogP contribution in [0.2, 0.25) is 0 Å². The normalized spacial score (nSPS) is 14.5. The fourth-order valence-corrected chi connectivity index (χ4v) is 11.3. The first kappa shape index (κ1) is 32.4. The second-order valence-electron chi connectivity index (χ2n) is 14.5. The molecule has 0 fully saturated rings. The largest absolute Gasteiger partial charge is 0.344 e. The van der Waals surface area contributed by atoms with Crippen LogP contribution in [0.25, 0.3) is 79.0 Å². The second-order valence-corrected chi connectivity index (χ2v) is 16.6. The Morgan fingerprint density at radius 3 is 1.68 bits per heavy atom. The van der Waals surface area contributed by atoms with Gasteiger partial charge in [0.25, 0.3) is 0 Å². The van der Waals surface area contributed by atoms with Gasteiger partial charge in [-0.1, -0.05) is 152 Å². The molecule has 0 amide bonds. The first-order chi connectivity index (χ1) is 28.3. The number of hydrogen-bond acceptors (Lipinski definition) is 5. The maximum Gasteiger partial charge on any atom is 0.159 e. The van der Waals surface area contributed by atoms with Crippen molar-refractivity contribution < 1.29 is 0 Å². The molecular formula is C51H32N4S2. The minimum absolute atomic E-state index is 0.255. The minimum atomic E-state index is -0.255. The SMILES string of the molecule is c1ccc(C2=NC(c3ccccc3)NC(c3cccc4c3sc3c(-c5cccc6c5sc5cc(-n7c8ccccc8c8ccccc87)ccc56)cccc34)=N2)cc1. The van der Waals surface area contributed by atoms with E-state index in [0.29, 0.717) is 0 Å². The number of rotatable bonds is 5. The molecule has 0 radical (unpaired) electrons. The molecule has 57 heavy (non-hydrogen) atoms. The minimum Gasteiger partial charge on any atom is -0.344 e. The van der Waals surface area contributed by atoms with E-state index in [2.05, 4.69) is 168 Å². The molecule has 0 bridgehead atoms. The lowest BCUT2D eigenvalue weighted by molar-refractivity contribution is 0.674. The fraction of sp³-hybridized carbons (Fsp3) is 0.0196. The predicted octanol–water partition coefficient (Wildman–Crippen LogP) is 13.7. The van der Waals surface area contributed by atoms with Gasteiger partial charge in [-0.25, -0.2) is 9.98 Å². The molecule has 1 atom stereocenters. The van der Waals surface area contributed by atoms with Gasteiger partial charge in [0.15, 0.2) is 5.84 Å². The Balaban J connectivity index is 1.01. The summed E-state index contributed by atoms with van der Waals surface area (Å²) in [4.78, 5) is 10.3. The first-order valence-electron chi connectivity index (χ1n) is 19.2. The second kappa shape index (κ2) is 12.8. The molecule has 12 rings (SSSR count). The zero-order chi connectivity index (χ0) is 37.5. The Morgan fingerprint density at radius 2 is 1.00 bits per heavy atom. The summed E-state index contributed by atoms with van der Waals surface area (Å²) >= 11 is 3.75. The summed E-state index contributed by atoms with van der Waals surface area (Å²) in [6.45, 7) is 0. The Morgan fingerprint density at radius 1 is 0.456 bits per heavy atom. The number of thiophene rings is 2. The molecule has 0 saturated heterocycles. The van der Waals surface area contributed by atoms with E-state index in [4.69, 9.17) is 9.98 Å². The molecule has 6 heteroatoms. The summed E-state index contributed by atoms with van der Waals surface area (Å²) in [5.41, 5.74) is 9.34. The number of para-hydroxylation sites is 2. The summed E-state index contributed by atoms with van der Waals surface area (Å²) < 4.78 is 7.50. The number of hydrogen-bond donors (Lipinski definition) is 1. The van der Waals surface area contributed by atoms with Crippen LogP contribution in [0, 0.1) is 0 Å². The molecule has 3 aromatic heterocycles. The lowest BCUT2D eigenvalue weighted by Gasteiger charge is -2.24. The highest BCUT2D eigenvalue weighted by atomic mass is 32.1. The molecule has 4 heterocycles. The molecule has 1 N–H and O–H groups in total. The summed E-state index contributed by atoms with van der Waals surface area (Å²) in [6.07, 6.45) is -0.255. The number of aromatic nitrogens is 1. The third kappa shape index (κ3) is 5.11. The maximum atomic E-state index is 5.19. The molecule has 4 nitrogen and oxygen atoms in total. The number of amidine groups is 2. The van der Waals surface area contributed by atoms with Crippen molar-refractivity contribution in [3.63, 3.8) is 0 Å². The van der Waals surface area contributed by atoms with E-state index in [1.807, 2.05) is 46.9 Å². The van der Waals surface area contributed by atoms with Crippen molar-refractivity contribution in [1.29, 1.82) is 0 Å². The van der Waals surface area contributed by atoms with Crippen molar-refractivity contribution in [3.8, 4) is 16.8 Å². The zero-order valence-electron chi connectivity index (χ0n) is 30.6. The van der Waals surface area contributed by atoms with Crippen LogP contribution in [0.1, 0.15) is 22.9 Å². The van der Waals surface area contributed by atoms with Crippen molar-refractivity contribution in [1.82, 2.24) is 9.88 Å². The van der Waals surface area contributed by atoms with Crippen LogP contribution >= 0.6 is 22.7 Å².